The molecule has 6 nitrogen and oxygen atoms in total. The average Bonchev–Trinajstić information content (AvgIpc) is 3.29. The number of nitrogens with zero attached hydrogens (tertiary/aromatic N) is 1. The molecule has 0 saturated carbocycles. The molecule has 8 heteroatoms. The Kier molecular flexibility index (Phi) is 6.56. The van der Waals surface area contributed by atoms with Gasteiger partial charge in [0.15, 0.2) is 0 Å². The number of anilines is 1. The molecule has 154 valence electrons. The molecule has 1 amide bonds. The van der Waals surface area contributed by atoms with Gasteiger partial charge in [-0.25, -0.2) is 4.98 Å². The molecule has 0 saturated heterocycles. The molecule has 1 aliphatic heterocycles. The van der Waals surface area contributed by atoms with Gasteiger partial charge in [0.2, 0.25) is 5.91 Å². The normalized spacial score (nSPS) is 16.1. The predicted octanol–water partition coefficient (Wildman–Crippen LogP) is 3.80. The molecule has 3 N–H and O–H groups in total. The van der Waals surface area contributed by atoms with Crippen LogP contribution in [0.4, 0.5) is 5.00 Å². The van der Waals surface area contributed by atoms with Crippen molar-refractivity contribution in [3.8, 4) is 10.6 Å². The highest BCUT2D eigenvalue weighted by molar-refractivity contribution is 7.23. The summed E-state index contributed by atoms with van der Waals surface area (Å²) < 4.78 is 6.19. The number of methoxy groups -OCH3 is 1. The number of aromatic nitrogens is 1. The van der Waals surface area contributed by atoms with Crippen LogP contribution in [0.5, 0.6) is 0 Å². The van der Waals surface area contributed by atoms with Gasteiger partial charge in [-0.2, -0.15) is 0 Å². The molecule has 4 rings (SSSR count). The summed E-state index contributed by atoms with van der Waals surface area (Å²) in [6.07, 6.45) is 1.38. The first kappa shape index (κ1) is 20.4. The summed E-state index contributed by atoms with van der Waals surface area (Å²) in [5, 5.41) is 11.8. The molecular formula is C21H26N4O2S2. The van der Waals surface area contributed by atoms with E-state index in [1.807, 2.05) is 18.2 Å². The van der Waals surface area contributed by atoms with Gasteiger partial charge in [-0.1, -0.05) is 12.1 Å². The second kappa shape index (κ2) is 9.32. The highest BCUT2D eigenvalue weighted by Gasteiger charge is 2.28. The lowest BCUT2D eigenvalue weighted by Crippen LogP contribution is -2.26. The zero-order valence-corrected chi connectivity index (χ0v) is 18.3. The lowest BCUT2D eigenvalue weighted by molar-refractivity contribution is -0.116. The third kappa shape index (κ3) is 4.51. The van der Waals surface area contributed by atoms with Crippen LogP contribution in [0.15, 0.2) is 24.3 Å². The number of carbonyl (C=O) groups is 1. The smallest absolute Gasteiger partial charge is 0.226 e. The third-order valence-electron chi connectivity index (χ3n) is 5.03. The maximum Gasteiger partial charge on any atom is 0.226 e. The van der Waals surface area contributed by atoms with Crippen molar-refractivity contribution in [2.45, 2.75) is 25.8 Å². The molecule has 3 aromatic rings. The first-order valence-corrected chi connectivity index (χ1v) is 11.5. The predicted molar refractivity (Wildman–Crippen MR) is 121 cm³/mol. The van der Waals surface area contributed by atoms with Crippen molar-refractivity contribution in [2.24, 2.45) is 0 Å². The lowest BCUT2D eigenvalue weighted by atomic mass is 10.0. The van der Waals surface area contributed by atoms with E-state index in [0.29, 0.717) is 25.6 Å². The third-order valence-corrected chi connectivity index (χ3v) is 7.41. The summed E-state index contributed by atoms with van der Waals surface area (Å²) in [4.78, 5) is 18.8. The van der Waals surface area contributed by atoms with Gasteiger partial charge >= 0.3 is 0 Å². The minimum atomic E-state index is 0.0245. The van der Waals surface area contributed by atoms with Gasteiger partial charge in [-0.05, 0) is 37.6 Å². The van der Waals surface area contributed by atoms with Crippen LogP contribution in [0.1, 0.15) is 29.8 Å². The van der Waals surface area contributed by atoms with Crippen LogP contribution >= 0.6 is 22.7 Å². The fraction of sp³-hybridized carbons (Fsp3) is 0.429. The van der Waals surface area contributed by atoms with Crippen LogP contribution in [0.2, 0.25) is 0 Å². The van der Waals surface area contributed by atoms with Crippen LogP contribution in [0.3, 0.4) is 0 Å². The number of para-hydroxylation sites is 1. The highest BCUT2D eigenvalue weighted by Crippen LogP contribution is 2.46. The number of benzene rings is 1. The van der Waals surface area contributed by atoms with Crippen molar-refractivity contribution in [1.29, 1.82) is 0 Å². The number of hydrogen-bond donors (Lipinski definition) is 3. The van der Waals surface area contributed by atoms with E-state index in [1.54, 1.807) is 29.8 Å². The largest absolute Gasteiger partial charge is 0.383 e. The molecule has 0 fully saturated rings. The van der Waals surface area contributed by atoms with Crippen molar-refractivity contribution in [1.82, 2.24) is 15.6 Å². The van der Waals surface area contributed by atoms with E-state index in [-0.39, 0.29) is 5.91 Å². The molecule has 0 bridgehead atoms. The first-order chi connectivity index (χ1) is 14.2. The van der Waals surface area contributed by atoms with Gasteiger partial charge < -0.3 is 20.7 Å². The summed E-state index contributed by atoms with van der Waals surface area (Å²) in [6, 6.07) is 8.49. The number of fused-ring (bicyclic) bond motifs is 2. The van der Waals surface area contributed by atoms with E-state index in [2.05, 4.69) is 28.9 Å². The topological polar surface area (TPSA) is 75.3 Å². The number of carbonyl (C=O) groups excluding carboxylic acids is 1. The number of amides is 1. The Bertz CT molecular complexity index is 965. The fourth-order valence-electron chi connectivity index (χ4n) is 3.57. The van der Waals surface area contributed by atoms with E-state index >= 15 is 0 Å². The molecule has 0 spiro atoms. The number of ether oxygens (including phenoxy) is 1. The SMILES string of the molecule is COCCNCCC(=O)Nc1sc2c(c1-c1nc3ccccc3s1)CCNC2C. The molecule has 3 heterocycles. The molecule has 2 aromatic heterocycles. The van der Waals surface area contributed by atoms with Gasteiger partial charge in [0.05, 0.1) is 16.8 Å². The van der Waals surface area contributed by atoms with E-state index in [9.17, 15) is 4.79 Å². The van der Waals surface area contributed by atoms with Crippen LogP contribution in [0, 0.1) is 0 Å². The van der Waals surface area contributed by atoms with Crippen LogP contribution in [-0.2, 0) is 16.0 Å². The summed E-state index contributed by atoms with van der Waals surface area (Å²) in [6.45, 7) is 5.15. The molecular weight excluding hydrogens is 404 g/mol. The second-order valence-corrected chi connectivity index (χ2v) is 9.19. The quantitative estimate of drug-likeness (QED) is 0.474. The number of thiophene rings is 1. The number of rotatable bonds is 8. The van der Waals surface area contributed by atoms with Crippen LogP contribution in [-0.4, -0.2) is 44.2 Å². The minimum absolute atomic E-state index is 0.0245. The van der Waals surface area contributed by atoms with Gasteiger partial charge in [0.25, 0.3) is 0 Å². The Hall–Kier alpha value is -1.84. The first-order valence-electron chi connectivity index (χ1n) is 9.91. The summed E-state index contributed by atoms with van der Waals surface area (Å²) in [7, 11) is 1.67. The monoisotopic (exact) mass is 430 g/mol. The Morgan fingerprint density at radius 3 is 3.00 bits per heavy atom. The van der Waals surface area contributed by atoms with Gasteiger partial charge in [0.1, 0.15) is 10.0 Å². The van der Waals surface area contributed by atoms with Crippen molar-refractivity contribution >= 4 is 43.8 Å². The highest BCUT2D eigenvalue weighted by atomic mass is 32.1. The standard InChI is InChI=1S/C21H26N4O2S2/c1-13-19-14(7-10-23-13)18(20-24-15-5-3-4-6-16(15)28-20)21(29-19)25-17(26)8-9-22-11-12-27-2/h3-6,13,22-23H,7-12H2,1-2H3,(H,25,26). The Labute approximate surface area is 178 Å². The number of nitrogens with one attached hydrogen (secondary N) is 3. The molecule has 1 aliphatic rings. The maximum atomic E-state index is 12.6. The zero-order chi connectivity index (χ0) is 20.2. The van der Waals surface area contributed by atoms with E-state index in [0.717, 1.165) is 40.6 Å². The molecule has 1 unspecified atom stereocenters. The van der Waals surface area contributed by atoms with Gasteiger partial charge in [0, 0.05) is 43.1 Å². The van der Waals surface area contributed by atoms with E-state index in [4.69, 9.17) is 9.72 Å². The van der Waals surface area contributed by atoms with Crippen molar-refractivity contribution < 1.29 is 9.53 Å². The maximum absolute atomic E-state index is 12.6. The molecule has 0 radical (unpaired) electrons. The van der Waals surface area contributed by atoms with Crippen molar-refractivity contribution in [3.63, 3.8) is 0 Å². The number of thiazole rings is 1. The zero-order valence-electron chi connectivity index (χ0n) is 16.7. The molecule has 0 aliphatic carbocycles. The minimum Gasteiger partial charge on any atom is -0.383 e. The summed E-state index contributed by atoms with van der Waals surface area (Å²) in [5.41, 5.74) is 3.45. The summed E-state index contributed by atoms with van der Waals surface area (Å²) >= 11 is 3.38. The Morgan fingerprint density at radius 2 is 2.17 bits per heavy atom. The molecule has 1 aromatic carbocycles. The van der Waals surface area contributed by atoms with Gasteiger partial charge in [-0.15, -0.1) is 22.7 Å². The Morgan fingerprint density at radius 1 is 1.31 bits per heavy atom. The van der Waals surface area contributed by atoms with Crippen LogP contribution < -0.4 is 16.0 Å². The lowest BCUT2D eigenvalue weighted by Gasteiger charge is -2.20. The molecule has 1 atom stereocenters. The van der Waals surface area contributed by atoms with E-state index < -0.39 is 0 Å². The average molecular weight is 431 g/mol. The molecule has 29 heavy (non-hydrogen) atoms. The van der Waals surface area contributed by atoms with Crippen molar-refractivity contribution in [3.05, 3.63) is 34.7 Å². The van der Waals surface area contributed by atoms with E-state index in [1.165, 1.54) is 15.1 Å². The van der Waals surface area contributed by atoms with Crippen molar-refractivity contribution in [2.75, 3.05) is 38.7 Å². The Balaban J connectivity index is 1.60. The van der Waals surface area contributed by atoms with Crippen LogP contribution in [0.25, 0.3) is 20.8 Å². The van der Waals surface area contributed by atoms with Gasteiger partial charge in [-0.3, -0.25) is 4.79 Å². The summed E-state index contributed by atoms with van der Waals surface area (Å²) in [5.74, 6) is 0.0245. The fourth-order valence-corrected chi connectivity index (χ4v) is 5.97. The second-order valence-electron chi connectivity index (χ2n) is 7.10. The number of hydrogen-bond acceptors (Lipinski definition) is 7.